The first kappa shape index (κ1) is 17.1. The highest BCUT2D eigenvalue weighted by Gasteiger charge is 2.26. The molecule has 128 valence electrons. The summed E-state index contributed by atoms with van der Waals surface area (Å²) in [6.07, 6.45) is 1.92. The first-order chi connectivity index (χ1) is 11.6. The molecular weight excluding hydrogens is 320 g/mol. The normalized spacial score (nSPS) is 15.7. The van der Waals surface area contributed by atoms with Crippen LogP contribution in [-0.4, -0.2) is 25.8 Å². The predicted octanol–water partition coefficient (Wildman–Crippen LogP) is 3.07. The second-order valence-electron chi connectivity index (χ2n) is 6.29. The summed E-state index contributed by atoms with van der Waals surface area (Å²) < 4.78 is 26.6. The van der Waals surface area contributed by atoms with Crippen molar-refractivity contribution in [3.63, 3.8) is 0 Å². The molecule has 1 aliphatic heterocycles. The summed E-state index contributed by atoms with van der Waals surface area (Å²) in [4.78, 5) is 0.395. The molecule has 1 aliphatic rings. The van der Waals surface area contributed by atoms with E-state index in [-0.39, 0.29) is 0 Å². The first-order valence-corrected chi connectivity index (χ1v) is 9.86. The number of aryl methyl sites for hydroxylation is 1. The lowest BCUT2D eigenvalue weighted by Gasteiger charge is -2.15. The van der Waals surface area contributed by atoms with Crippen LogP contribution in [0.2, 0.25) is 0 Å². The van der Waals surface area contributed by atoms with E-state index in [1.165, 1.54) is 11.1 Å². The predicted molar refractivity (Wildman–Crippen MR) is 96.2 cm³/mol. The third-order valence-electron chi connectivity index (χ3n) is 4.53. The van der Waals surface area contributed by atoms with E-state index < -0.39 is 10.0 Å². The maximum absolute atomic E-state index is 12.5. The van der Waals surface area contributed by atoms with Crippen LogP contribution in [0.5, 0.6) is 0 Å². The van der Waals surface area contributed by atoms with E-state index in [0.717, 1.165) is 31.5 Å². The van der Waals surface area contributed by atoms with Crippen LogP contribution in [0, 0.1) is 6.92 Å². The van der Waals surface area contributed by atoms with E-state index in [9.17, 15) is 8.42 Å². The Balaban J connectivity index is 1.59. The second-order valence-corrected chi connectivity index (χ2v) is 8.22. The average Bonchev–Trinajstić information content (AvgIpc) is 3.12. The van der Waals surface area contributed by atoms with E-state index in [4.69, 9.17) is 0 Å². The van der Waals surface area contributed by atoms with Crippen LogP contribution < -0.4 is 5.32 Å². The Morgan fingerprint density at radius 2 is 1.62 bits per heavy atom. The molecule has 0 bridgehead atoms. The highest BCUT2D eigenvalue weighted by atomic mass is 32.2. The topological polar surface area (TPSA) is 49.4 Å². The molecule has 1 fully saturated rings. The van der Waals surface area contributed by atoms with Crippen LogP contribution in [0.3, 0.4) is 0 Å². The van der Waals surface area contributed by atoms with Gasteiger partial charge in [0.25, 0.3) is 0 Å². The van der Waals surface area contributed by atoms with Crippen molar-refractivity contribution in [2.24, 2.45) is 0 Å². The molecule has 2 aromatic carbocycles. The van der Waals surface area contributed by atoms with Crippen molar-refractivity contribution in [3.05, 3.63) is 65.2 Å². The monoisotopic (exact) mass is 344 g/mol. The Labute approximate surface area is 144 Å². The third-order valence-corrected chi connectivity index (χ3v) is 6.44. The third kappa shape index (κ3) is 3.86. The van der Waals surface area contributed by atoms with Crippen LogP contribution in [0.15, 0.2) is 53.4 Å². The van der Waals surface area contributed by atoms with Crippen molar-refractivity contribution in [2.75, 3.05) is 13.1 Å². The van der Waals surface area contributed by atoms with Gasteiger partial charge in [0, 0.05) is 26.2 Å². The van der Waals surface area contributed by atoms with Crippen molar-refractivity contribution in [1.82, 2.24) is 9.62 Å². The summed E-state index contributed by atoms with van der Waals surface area (Å²) >= 11 is 0. The fourth-order valence-corrected chi connectivity index (χ4v) is 4.52. The number of nitrogens with one attached hydrogen (secondary N) is 1. The smallest absolute Gasteiger partial charge is 0.243 e. The summed E-state index contributed by atoms with van der Waals surface area (Å²) in [6, 6.07) is 15.5. The molecule has 0 amide bonds. The van der Waals surface area contributed by atoms with Crippen LogP contribution in [0.1, 0.15) is 29.5 Å². The lowest BCUT2D eigenvalue weighted by Crippen LogP contribution is -2.27. The number of sulfonamides is 1. The fourth-order valence-electron chi connectivity index (χ4n) is 3.01. The van der Waals surface area contributed by atoms with E-state index >= 15 is 0 Å². The molecule has 0 saturated carbocycles. The van der Waals surface area contributed by atoms with E-state index in [0.29, 0.717) is 18.0 Å². The van der Waals surface area contributed by atoms with E-state index in [1.807, 2.05) is 24.3 Å². The van der Waals surface area contributed by atoms with Crippen LogP contribution in [0.25, 0.3) is 0 Å². The molecule has 2 aromatic rings. The molecule has 3 rings (SSSR count). The molecular formula is C19H24N2O2S. The van der Waals surface area contributed by atoms with Crippen LogP contribution >= 0.6 is 0 Å². The van der Waals surface area contributed by atoms with Crippen molar-refractivity contribution in [1.29, 1.82) is 0 Å². The molecule has 4 nitrogen and oxygen atoms in total. The summed E-state index contributed by atoms with van der Waals surface area (Å²) in [5.41, 5.74) is 3.65. The SMILES string of the molecule is Cc1ccccc1CNCc1ccc(S(=O)(=O)N2CCCC2)cc1. The number of hydrogen-bond donors (Lipinski definition) is 1. The quantitative estimate of drug-likeness (QED) is 0.876. The molecule has 1 N–H and O–H groups in total. The van der Waals surface area contributed by atoms with Crippen molar-refractivity contribution >= 4 is 10.0 Å². The Hall–Kier alpha value is -1.69. The van der Waals surface area contributed by atoms with Gasteiger partial charge in [-0.25, -0.2) is 8.42 Å². The fraction of sp³-hybridized carbons (Fsp3) is 0.368. The standard InChI is InChI=1S/C19H24N2O2S/c1-16-6-2-3-7-18(16)15-20-14-17-8-10-19(11-9-17)24(22,23)21-12-4-5-13-21/h2-3,6-11,20H,4-5,12-15H2,1H3. The van der Waals surface area contributed by atoms with Gasteiger partial charge in [-0.1, -0.05) is 36.4 Å². The number of benzene rings is 2. The van der Waals surface area contributed by atoms with Gasteiger partial charge >= 0.3 is 0 Å². The minimum Gasteiger partial charge on any atom is -0.309 e. The largest absolute Gasteiger partial charge is 0.309 e. The zero-order chi connectivity index (χ0) is 17.0. The summed E-state index contributed by atoms with van der Waals surface area (Å²) in [6.45, 7) is 4.91. The first-order valence-electron chi connectivity index (χ1n) is 8.42. The minimum atomic E-state index is -3.31. The van der Waals surface area contributed by atoms with Gasteiger partial charge in [-0.3, -0.25) is 0 Å². The maximum Gasteiger partial charge on any atom is 0.243 e. The highest BCUT2D eigenvalue weighted by molar-refractivity contribution is 7.89. The average molecular weight is 344 g/mol. The number of hydrogen-bond acceptors (Lipinski definition) is 3. The molecule has 0 aliphatic carbocycles. The van der Waals surface area contributed by atoms with Gasteiger partial charge in [0.1, 0.15) is 0 Å². The Bertz CT molecular complexity index is 779. The van der Waals surface area contributed by atoms with Crippen LogP contribution in [0.4, 0.5) is 0 Å². The molecule has 0 radical (unpaired) electrons. The second kappa shape index (κ2) is 7.47. The van der Waals surface area contributed by atoms with Gasteiger partial charge in [-0.2, -0.15) is 4.31 Å². The molecule has 24 heavy (non-hydrogen) atoms. The summed E-state index contributed by atoms with van der Waals surface area (Å²) in [5.74, 6) is 0. The molecule has 0 aromatic heterocycles. The Morgan fingerprint density at radius 1 is 0.958 bits per heavy atom. The van der Waals surface area contributed by atoms with Crippen molar-refractivity contribution < 1.29 is 8.42 Å². The van der Waals surface area contributed by atoms with Crippen LogP contribution in [-0.2, 0) is 23.1 Å². The number of nitrogens with zero attached hydrogens (tertiary/aromatic N) is 1. The van der Waals surface area contributed by atoms with Gasteiger partial charge < -0.3 is 5.32 Å². The van der Waals surface area contributed by atoms with Gasteiger partial charge in [0.2, 0.25) is 10.0 Å². The molecule has 0 spiro atoms. The van der Waals surface area contributed by atoms with Gasteiger partial charge in [-0.15, -0.1) is 0 Å². The van der Waals surface area contributed by atoms with E-state index in [2.05, 4.69) is 24.4 Å². The molecule has 1 heterocycles. The lowest BCUT2D eigenvalue weighted by molar-refractivity contribution is 0.477. The summed E-state index contributed by atoms with van der Waals surface area (Å²) in [7, 11) is -3.31. The van der Waals surface area contributed by atoms with Gasteiger partial charge in [0.15, 0.2) is 0 Å². The summed E-state index contributed by atoms with van der Waals surface area (Å²) in [5, 5.41) is 3.41. The zero-order valence-electron chi connectivity index (χ0n) is 14.0. The molecule has 1 saturated heterocycles. The lowest BCUT2D eigenvalue weighted by atomic mass is 10.1. The molecule has 0 unspecified atom stereocenters. The minimum absolute atomic E-state index is 0.395. The van der Waals surface area contributed by atoms with Gasteiger partial charge in [0.05, 0.1) is 4.90 Å². The molecule has 0 atom stereocenters. The van der Waals surface area contributed by atoms with Crippen molar-refractivity contribution in [2.45, 2.75) is 37.8 Å². The van der Waals surface area contributed by atoms with Crippen molar-refractivity contribution in [3.8, 4) is 0 Å². The zero-order valence-corrected chi connectivity index (χ0v) is 14.8. The van der Waals surface area contributed by atoms with E-state index in [1.54, 1.807) is 16.4 Å². The molecule has 5 heteroatoms. The Morgan fingerprint density at radius 3 is 2.29 bits per heavy atom. The Kier molecular flexibility index (Phi) is 5.33. The van der Waals surface area contributed by atoms with Gasteiger partial charge in [-0.05, 0) is 48.6 Å². The highest BCUT2D eigenvalue weighted by Crippen LogP contribution is 2.21. The number of rotatable bonds is 6. The maximum atomic E-state index is 12.5.